The average Bonchev–Trinajstić information content (AvgIpc) is 3.05. The van der Waals surface area contributed by atoms with Gasteiger partial charge in [0.2, 0.25) is 0 Å². The quantitative estimate of drug-likeness (QED) is 0.706. The first-order valence-electron chi connectivity index (χ1n) is 7.91. The molecule has 8 nitrogen and oxygen atoms in total. The molecule has 25 heavy (non-hydrogen) atoms. The van der Waals surface area contributed by atoms with E-state index in [2.05, 4.69) is 20.4 Å². The molecule has 0 unspecified atom stereocenters. The molecule has 1 aromatic carbocycles. The topological polar surface area (TPSA) is 82.8 Å². The van der Waals surface area contributed by atoms with Gasteiger partial charge >= 0.3 is 0 Å². The summed E-state index contributed by atoms with van der Waals surface area (Å²) in [4.78, 5) is 8.53. The molecule has 0 aliphatic carbocycles. The first-order valence-corrected chi connectivity index (χ1v) is 7.91. The molecule has 0 radical (unpaired) electrons. The van der Waals surface area contributed by atoms with Crippen molar-refractivity contribution in [2.45, 2.75) is 26.6 Å². The zero-order valence-electron chi connectivity index (χ0n) is 14.7. The van der Waals surface area contributed by atoms with Crippen LogP contribution in [0.15, 0.2) is 30.6 Å². The van der Waals surface area contributed by atoms with Gasteiger partial charge in [-0.2, -0.15) is 14.6 Å². The van der Waals surface area contributed by atoms with Gasteiger partial charge < -0.3 is 19.5 Å². The van der Waals surface area contributed by atoms with Crippen LogP contribution in [-0.4, -0.2) is 39.9 Å². The molecule has 0 bridgehead atoms. The van der Waals surface area contributed by atoms with Gasteiger partial charge in [0.05, 0.1) is 25.5 Å². The largest absolute Gasteiger partial charge is 0.493 e. The Morgan fingerprint density at radius 3 is 2.72 bits per heavy atom. The number of methoxy groups -OCH3 is 2. The molecule has 0 atom stereocenters. The summed E-state index contributed by atoms with van der Waals surface area (Å²) in [6.07, 6.45) is 1.53. The fraction of sp³-hybridized carbons (Fsp3) is 0.353. The Labute approximate surface area is 145 Å². The predicted octanol–water partition coefficient (Wildman–Crippen LogP) is 2.81. The molecule has 0 saturated heterocycles. The van der Waals surface area contributed by atoms with Gasteiger partial charge in [0.1, 0.15) is 12.1 Å². The summed E-state index contributed by atoms with van der Waals surface area (Å²) in [5.74, 6) is 2.58. The third-order valence-electron chi connectivity index (χ3n) is 3.40. The van der Waals surface area contributed by atoms with Crippen molar-refractivity contribution in [3.05, 3.63) is 36.3 Å². The maximum absolute atomic E-state index is 5.74. The lowest BCUT2D eigenvalue weighted by Gasteiger charge is -2.15. The van der Waals surface area contributed by atoms with E-state index >= 15 is 0 Å². The third kappa shape index (κ3) is 3.80. The standard InChI is InChI=1S/C17H21N5O3/c1-11(2)25-14-6-5-12(7-15(14)24-4)20-16-8-13(9-23-3)21-17-18-10-19-22(16)17/h5-8,10-11,20H,9H2,1-4H3. The van der Waals surface area contributed by atoms with E-state index in [9.17, 15) is 0 Å². The number of hydrogen-bond donors (Lipinski definition) is 1. The number of ether oxygens (including phenoxy) is 3. The van der Waals surface area contributed by atoms with Crippen LogP contribution in [-0.2, 0) is 11.3 Å². The minimum atomic E-state index is 0.0688. The molecule has 3 rings (SSSR count). The summed E-state index contributed by atoms with van der Waals surface area (Å²) >= 11 is 0. The van der Waals surface area contributed by atoms with Crippen LogP contribution < -0.4 is 14.8 Å². The van der Waals surface area contributed by atoms with Crippen molar-refractivity contribution < 1.29 is 14.2 Å². The molecule has 3 aromatic rings. The number of anilines is 2. The molecule has 0 amide bonds. The lowest BCUT2D eigenvalue weighted by Crippen LogP contribution is -2.07. The molecule has 0 fully saturated rings. The molecule has 2 aromatic heterocycles. The van der Waals surface area contributed by atoms with Gasteiger partial charge in [-0.25, -0.2) is 4.98 Å². The number of nitrogens with one attached hydrogen (secondary N) is 1. The van der Waals surface area contributed by atoms with Gasteiger partial charge in [0.25, 0.3) is 5.78 Å². The fourth-order valence-electron chi connectivity index (χ4n) is 2.42. The Kier molecular flexibility index (Phi) is 4.99. The Morgan fingerprint density at radius 1 is 1.16 bits per heavy atom. The number of nitrogens with zero attached hydrogens (tertiary/aromatic N) is 4. The zero-order valence-corrected chi connectivity index (χ0v) is 14.7. The highest BCUT2D eigenvalue weighted by Crippen LogP contribution is 2.32. The van der Waals surface area contributed by atoms with Crippen molar-refractivity contribution in [3.8, 4) is 11.5 Å². The second-order valence-corrected chi connectivity index (χ2v) is 5.69. The SMILES string of the molecule is COCc1cc(Nc2ccc(OC(C)C)c(OC)c2)n2ncnc2n1. The van der Waals surface area contributed by atoms with Crippen LogP contribution in [0.2, 0.25) is 0 Å². The monoisotopic (exact) mass is 343 g/mol. The van der Waals surface area contributed by atoms with Gasteiger partial charge in [-0.05, 0) is 26.0 Å². The smallest absolute Gasteiger partial charge is 0.254 e. The number of benzene rings is 1. The number of hydrogen-bond acceptors (Lipinski definition) is 7. The summed E-state index contributed by atoms with van der Waals surface area (Å²) < 4.78 is 18.0. The van der Waals surface area contributed by atoms with E-state index in [4.69, 9.17) is 14.2 Å². The lowest BCUT2D eigenvalue weighted by atomic mass is 10.2. The highest BCUT2D eigenvalue weighted by Gasteiger charge is 2.11. The van der Waals surface area contributed by atoms with Crippen LogP contribution >= 0.6 is 0 Å². The molecule has 132 valence electrons. The molecule has 8 heteroatoms. The van der Waals surface area contributed by atoms with Crippen molar-refractivity contribution in [2.24, 2.45) is 0 Å². The summed E-state index contributed by atoms with van der Waals surface area (Å²) in [6.45, 7) is 4.34. The van der Waals surface area contributed by atoms with Crippen molar-refractivity contribution >= 4 is 17.3 Å². The van der Waals surface area contributed by atoms with Gasteiger partial charge in [0, 0.05) is 24.9 Å². The van der Waals surface area contributed by atoms with E-state index in [-0.39, 0.29) is 6.10 Å². The maximum Gasteiger partial charge on any atom is 0.254 e. The molecule has 0 aliphatic rings. The molecule has 0 aliphatic heterocycles. The fourth-order valence-corrected chi connectivity index (χ4v) is 2.42. The third-order valence-corrected chi connectivity index (χ3v) is 3.40. The van der Waals surface area contributed by atoms with Crippen molar-refractivity contribution in [3.63, 3.8) is 0 Å². The minimum Gasteiger partial charge on any atom is -0.493 e. The van der Waals surface area contributed by atoms with Crippen molar-refractivity contribution in [1.82, 2.24) is 19.6 Å². The Hall–Kier alpha value is -2.87. The Bertz CT molecular complexity index is 863. The zero-order chi connectivity index (χ0) is 17.8. The summed E-state index contributed by atoms with van der Waals surface area (Å²) in [5.41, 5.74) is 1.59. The van der Waals surface area contributed by atoms with Crippen molar-refractivity contribution in [2.75, 3.05) is 19.5 Å². The predicted molar refractivity (Wildman–Crippen MR) is 93.5 cm³/mol. The molecular weight excluding hydrogens is 322 g/mol. The average molecular weight is 343 g/mol. The van der Waals surface area contributed by atoms with E-state index in [0.29, 0.717) is 23.9 Å². The molecule has 0 saturated carbocycles. The Morgan fingerprint density at radius 2 is 2.00 bits per heavy atom. The van der Waals surface area contributed by atoms with E-state index in [0.717, 1.165) is 17.2 Å². The van der Waals surface area contributed by atoms with Crippen LogP contribution in [0.5, 0.6) is 11.5 Å². The van der Waals surface area contributed by atoms with Gasteiger partial charge in [0.15, 0.2) is 11.5 Å². The van der Waals surface area contributed by atoms with Crippen LogP contribution in [0.3, 0.4) is 0 Å². The van der Waals surface area contributed by atoms with Gasteiger partial charge in [-0.15, -0.1) is 0 Å². The highest BCUT2D eigenvalue weighted by atomic mass is 16.5. The first kappa shape index (κ1) is 17.0. The second-order valence-electron chi connectivity index (χ2n) is 5.69. The normalized spacial score (nSPS) is 11.1. The van der Waals surface area contributed by atoms with Crippen LogP contribution in [0.25, 0.3) is 5.78 Å². The van der Waals surface area contributed by atoms with E-state index in [1.165, 1.54) is 6.33 Å². The number of aromatic nitrogens is 4. The second kappa shape index (κ2) is 7.35. The van der Waals surface area contributed by atoms with Crippen molar-refractivity contribution in [1.29, 1.82) is 0 Å². The number of fused-ring (bicyclic) bond motifs is 1. The van der Waals surface area contributed by atoms with Crippen LogP contribution in [0, 0.1) is 0 Å². The van der Waals surface area contributed by atoms with E-state index < -0.39 is 0 Å². The number of rotatable bonds is 7. The molecule has 1 N–H and O–H groups in total. The first-order chi connectivity index (χ1) is 12.1. The van der Waals surface area contributed by atoms with Crippen LogP contribution in [0.1, 0.15) is 19.5 Å². The van der Waals surface area contributed by atoms with Crippen LogP contribution in [0.4, 0.5) is 11.5 Å². The molecule has 0 spiro atoms. The van der Waals surface area contributed by atoms with E-state index in [1.807, 2.05) is 38.1 Å². The Balaban J connectivity index is 1.94. The van der Waals surface area contributed by atoms with E-state index in [1.54, 1.807) is 18.7 Å². The highest BCUT2D eigenvalue weighted by molar-refractivity contribution is 5.63. The molecular formula is C17H21N5O3. The lowest BCUT2D eigenvalue weighted by molar-refractivity contribution is 0.181. The van der Waals surface area contributed by atoms with Gasteiger partial charge in [-0.3, -0.25) is 0 Å². The maximum atomic E-state index is 5.74. The van der Waals surface area contributed by atoms with Gasteiger partial charge in [-0.1, -0.05) is 0 Å². The summed E-state index contributed by atoms with van der Waals surface area (Å²) in [6, 6.07) is 7.53. The summed E-state index contributed by atoms with van der Waals surface area (Å²) in [7, 11) is 3.24. The molecule has 2 heterocycles. The minimum absolute atomic E-state index is 0.0688. The summed E-state index contributed by atoms with van der Waals surface area (Å²) in [5, 5.41) is 7.52.